The number of aromatic nitrogens is 4. The largest absolute Gasteiger partial charge is 0.298 e. The SMILES string of the molecule is O=Cc1cnc2nc(-c3ccccc3)nn2c1. The van der Waals surface area contributed by atoms with Gasteiger partial charge in [-0.15, -0.1) is 5.10 Å². The second-order valence-electron chi connectivity index (χ2n) is 3.55. The first-order valence-corrected chi connectivity index (χ1v) is 5.10. The van der Waals surface area contributed by atoms with E-state index in [0.29, 0.717) is 17.2 Å². The van der Waals surface area contributed by atoms with E-state index in [0.717, 1.165) is 11.8 Å². The van der Waals surface area contributed by atoms with Crippen LogP contribution in [0, 0.1) is 0 Å². The summed E-state index contributed by atoms with van der Waals surface area (Å²) in [5, 5.41) is 4.28. The molecular weight excluding hydrogens is 216 g/mol. The summed E-state index contributed by atoms with van der Waals surface area (Å²) >= 11 is 0. The Morgan fingerprint density at radius 2 is 2.00 bits per heavy atom. The molecule has 2 aromatic heterocycles. The van der Waals surface area contributed by atoms with Crippen molar-refractivity contribution in [2.75, 3.05) is 0 Å². The summed E-state index contributed by atoms with van der Waals surface area (Å²) in [6.45, 7) is 0. The molecule has 5 nitrogen and oxygen atoms in total. The van der Waals surface area contributed by atoms with Gasteiger partial charge >= 0.3 is 0 Å². The van der Waals surface area contributed by atoms with Crippen LogP contribution in [0.1, 0.15) is 10.4 Å². The number of benzene rings is 1. The molecule has 0 fully saturated rings. The molecule has 0 unspecified atom stereocenters. The fraction of sp³-hybridized carbons (Fsp3) is 0. The first kappa shape index (κ1) is 9.65. The average Bonchev–Trinajstić information content (AvgIpc) is 2.82. The molecule has 0 aliphatic rings. The van der Waals surface area contributed by atoms with Crippen LogP contribution >= 0.6 is 0 Å². The van der Waals surface area contributed by atoms with Gasteiger partial charge < -0.3 is 0 Å². The summed E-state index contributed by atoms with van der Waals surface area (Å²) in [6, 6.07) is 9.63. The topological polar surface area (TPSA) is 60.2 Å². The van der Waals surface area contributed by atoms with Crippen LogP contribution in [0.4, 0.5) is 0 Å². The smallest absolute Gasteiger partial charge is 0.252 e. The van der Waals surface area contributed by atoms with Crippen LogP contribution in [0.15, 0.2) is 42.7 Å². The lowest BCUT2D eigenvalue weighted by atomic mass is 10.2. The standard InChI is InChI=1S/C12H8N4O/c17-8-9-6-13-12-14-11(15-16(12)7-9)10-4-2-1-3-5-10/h1-8H. The van der Waals surface area contributed by atoms with Gasteiger partial charge in [0.15, 0.2) is 12.1 Å². The van der Waals surface area contributed by atoms with Crippen LogP contribution in [-0.2, 0) is 0 Å². The molecule has 0 radical (unpaired) electrons. The minimum Gasteiger partial charge on any atom is -0.298 e. The van der Waals surface area contributed by atoms with E-state index in [9.17, 15) is 4.79 Å². The number of hydrogen-bond acceptors (Lipinski definition) is 4. The van der Waals surface area contributed by atoms with Crippen LogP contribution in [-0.4, -0.2) is 25.9 Å². The van der Waals surface area contributed by atoms with E-state index in [2.05, 4.69) is 15.1 Å². The van der Waals surface area contributed by atoms with Gasteiger partial charge in [-0.25, -0.2) is 9.50 Å². The lowest BCUT2D eigenvalue weighted by Gasteiger charge is -1.91. The quantitative estimate of drug-likeness (QED) is 0.620. The maximum atomic E-state index is 10.6. The Bertz CT molecular complexity index is 675. The molecule has 0 atom stereocenters. The number of nitrogens with zero attached hydrogens (tertiary/aromatic N) is 4. The third kappa shape index (κ3) is 1.67. The van der Waals surface area contributed by atoms with Crippen LogP contribution < -0.4 is 0 Å². The summed E-state index contributed by atoms with van der Waals surface area (Å²) < 4.78 is 1.51. The van der Waals surface area contributed by atoms with Crippen molar-refractivity contribution in [3.05, 3.63) is 48.3 Å². The number of aldehydes is 1. The number of carbonyl (C=O) groups is 1. The third-order valence-corrected chi connectivity index (χ3v) is 2.38. The van der Waals surface area contributed by atoms with Crippen molar-refractivity contribution in [1.82, 2.24) is 19.6 Å². The molecule has 1 aromatic carbocycles. The molecule has 0 bridgehead atoms. The molecule has 0 spiro atoms. The molecule has 0 N–H and O–H groups in total. The highest BCUT2D eigenvalue weighted by Gasteiger charge is 2.06. The fourth-order valence-corrected chi connectivity index (χ4v) is 1.57. The lowest BCUT2D eigenvalue weighted by molar-refractivity contribution is 0.112. The van der Waals surface area contributed by atoms with Crippen molar-refractivity contribution in [3.63, 3.8) is 0 Å². The average molecular weight is 224 g/mol. The van der Waals surface area contributed by atoms with E-state index in [1.165, 1.54) is 10.7 Å². The summed E-state index contributed by atoms with van der Waals surface area (Å²) in [4.78, 5) is 19.0. The van der Waals surface area contributed by atoms with Gasteiger partial charge in [-0.05, 0) is 0 Å². The molecule has 0 saturated carbocycles. The lowest BCUT2D eigenvalue weighted by Crippen LogP contribution is -1.93. The highest BCUT2D eigenvalue weighted by molar-refractivity contribution is 5.73. The minimum absolute atomic E-state index is 0.474. The summed E-state index contributed by atoms with van der Waals surface area (Å²) in [7, 11) is 0. The van der Waals surface area contributed by atoms with Gasteiger partial charge in [0, 0.05) is 18.0 Å². The van der Waals surface area contributed by atoms with Crippen molar-refractivity contribution in [3.8, 4) is 11.4 Å². The molecular formula is C12H8N4O. The zero-order valence-corrected chi connectivity index (χ0v) is 8.82. The van der Waals surface area contributed by atoms with Gasteiger partial charge in [0.05, 0.1) is 5.56 Å². The molecule has 82 valence electrons. The zero-order valence-electron chi connectivity index (χ0n) is 8.82. The first-order valence-electron chi connectivity index (χ1n) is 5.10. The van der Waals surface area contributed by atoms with Crippen LogP contribution in [0.5, 0.6) is 0 Å². The Kier molecular flexibility index (Phi) is 2.15. The first-order chi connectivity index (χ1) is 8.36. The van der Waals surface area contributed by atoms with Crippen molar-refractivity contribution in [1.29, 1.82) is 0 Å². The number of fused-ring (bicyclic) bond motifs is 1. The van der Waals surface area contributed by atoms with Gasteiger partial charge in [0.25, 0.3) is 5.78 Å². The van der Waals surface area contributed by atoms with E-state index in [1.807, 2.05) is 30.3 Å². The molecule has 0 saturated heterocycles. The van der Waals surface area contributed by atoms with Gasteiger partial charge in [-0.3, -0.25) is 4.79 Å². The van der Waals surface area contributed by atoms with Crippen molar-refractivity contribution < 1.29 is 4.79 Å². The predicted molar refractivity (Wildman–Crippen MR) is 61.6 cm³/mol. The molecule has 0 aliphatic carbocycles. The van der Waals surface area contributed by atoms with Crippen molar-refractivity contribution in [2.45, 2.75) is 0 Å². The summed E-state index contributed by atoms with van der Waals surface area (Å²) in [5.41, 5.74) is 1.40. The highest BCUT2D eigenvalue weighted by atomic mass is 16.1. The Balaban J connectivity index is 2.17. The second-order valence-corrected chi connectivity index (χ2v) is 3.55. The Hall–Kier alpha value is -2.56. The maximum absolute atomic E-state index is 10.6. The van der Waals surface area contributed by atoms with Gasteiger partial charge in [-0.1, -0.05) is 30.3 Å². The Morgan fingerprint density at radius 1 is 1.18 bits per heavy atom. The highest BCUT2D eigenvalue weighted by Crippen LogP contribution is 2.14. The second kappa shape index (κ2) is 3.79. The number of rotatable bonds is 2. The van der Waals surface area contributed by atoms with Crippen molar-refractivity contribution in [2.24, 2.45) is 0 Å². The molecule has 0 amide bonds. The van der Waals surface area contributed by atoms with Crippen molar-refractivity contribution >= 4 is 12.1 Å². The molecule has 2 heterocycles. The molecule has 17 heavy (non-hydrogen) atoms. The van der Waals surface area contributed by atoms with E-state index in [1.54, 1.807) is 6.20 Å². The molecule has 3 rings (SSSR count). The predicted octanol–water partition coefficient (Wildman–Crippen LogP) is 1.60. The molecule has 0 aliphatic heterocycles. The van der Waals surface area contributed by atoms with Crippen LogP contribution in [0.2, 0.25) is 0 Å². The Morgan fingerprint density at radius 3 is 2.76 bits per heavy atom. The number of carbonyl (C=O) groups excluding carboxylic acids is 1. The van der Waals surface area contributed by atoms with Gasteiger partial charge in [0.2, 0.25) is 0 Å². The minimum atomic E-state index is 0.474. The van der Waals surface area contributed by atoms with Crippen LogP contribution in [0.25, 0.3) is 17.2 Å². The maximum Gasteiger partial charge on any atom is 0.252 e. The Labute approximate surface area is 96.8 Å². The fourth-order valence-electron chi connectivity index (χ4n) is 1.57. The van der Waals surface area contributed by atoms with Crippen LogP contribution in [0.3, 0.4) is 0 Å². The van der Waals surface area contributed by atoms with E-state index >= 15 is 0 Å². The monoisotopic (exact) mass is 224 g/mol. The molecule has 5 heteroatoms. The van der Waals surface area contributed by atoms with E-state index in [4.69, 9.17) is 0 Å². The van der Waals surface area contributed by atoms with Gasteiger partial charge in [-0.2, -0.15) is 4.98 Å². The normalized spacial score (nSPS) is 10.6. The molecule has 3 aromatic rings. The van der Waals surface area contributed by atoms with E-state index in [-0.39, 0.29) is 0 Å². The zero-order chi connectivity index (χ0) is 11.7. The third-order valence-electron chi connectivity index (χ3n) is 2.38. The summed E-state index contributed by atoms with van der Waals surface area (Å²) in [6.07, 6.45) is 3.82. The van der Waals surface area contributed by atoms with E-state index < -0.39 is 0 Å². The summed E-state index contributed by atoms with van der Waals surface area (Å²) in [5.74, 6) is 1.08. The van der Waals surface area contributed by atoms with Gasteiger partial charge in [0.1, 0.15) is 0 Å². The number of hydrogen-bond donors (Lipinski definition) is 0.